The Kier molecular flexibility index (Phi) is 4.19. The molecule has 0 aromatic rings. The number of hydrogen-bond acceptors (Lipinski definition) is 2. The zero-order valence-corrected chi connectivity index (χ0v) is 10.8. The van der Waals surface area contributed by atoms with Crippen molar-refractivity contribution in [2.75, 3.05) is 6.54 Å². The number of nitrogens with one attached hydrogen (secondary N) is 1. The fourth-order valence-corrected chi connectivity index (χ4v) is 2.40. The van der Waals surface area contributed by atoms with Gasteiger partial charge in [-0.15, -0.1) is 0 Å². The maximum absolute atomic E-state index is 10.5. The second-order valence-corrected chi connectivity index (χ2v) is 6.01. The highest BCUT2D eigenvalue weighted by Gasteiger charge is 2.42. The molecular formula is C13H27NO. The average Bonchev–Trinajstić information content (AvgIpc) is 2.15. The summed E-state index contributed by atoms with van der Waals surface area (Å²) in [6.45, 7) is 9.74. The van der Waals surface area contributed by atoms with Gasteiger partial charge in [0.05, 0.1) is 5.60 Å². The molecule has 1 fully saturated rings. The Labute approximate surface area is 94.5 Å². The molecule has 2 heteroatoms. The highest BCUT2D eigenvalue weighted by atomic mass is 16.3. The molecule has 2 N–H and O–H groups in total. The van der Waals surface area contributed by atoms with Crippen molar-refractivity contribution < 1.29 is 5.11 Å². The van der Waals surface area contributed by atoms with E-state index in [9.17, 15) is 5.11 Å². The third-order valence-electron chi connectivity index (χ3n) is 3.89. The summed E-state index contributed by atoms with van der Waals surface area (Å²) in [7, 11) is 0. The number of aliphatic hydroxyl groups is 1. The lowest BCUT2D eigenvalue weighted by molar-refractivity contribution is -0.0889. The van der Waals surface area contributed by atoms with Crippen LogP contribution in [0.15, 0.2) is 0 Å². The van der Waals surface area contributed by atoms with Gasteiger partial charge in [-0.3, -0.25) is 0 Å². The summed E-state index contributed by atoms with van der Waals surface area (Å²) in [6.07, 6.45) is 5.32. The van der Waals surface area contributed by atoms with Crippen molar-refractivity contribution in [2.24, 2.45) is 5.41 Å². The summed E-state index contributed by atoms with van der Waals surface area (Å²) in [5.41, 5.74) is -0.430. The molecule has 1 saturated carbocycles. The third-order valence-corrected chi connectivity index (χ3v) is 3.89. The minimum absolute atomic E-state index is 0.0166. The van der Waals surface area contributed by atoms with Crippen molar-refractivity contribution in [3.05, 3.63) is 0 Å². The lowest BCUT2D eigenvalue weighted by Gasteiger charge is -2.45. The minimum atomic E-state index is -0.447. The predicted octanol–water partition coefficient (Wildman–Crippen LogP) is 2.71. The summed E-state index contributed by atoms with van der Waals surface area (Å²) in [6, 6.07) is 0.632. The first kappa shape index (κ1) is 13.0. The molecular weight excluding hydrogens is 186 g/mol. The molecule has 0 radical (unpaired) electrons. The van der Waals surface area contributed by atoms with E-state index in [0.717, 1.165) is 32.2 Å². The number of hydrogen-bond donors (Lipinski definition) is 2. The molecule has 15 heavy (non-hydrogen) atoms. The highest BCUT2D eigenvalue weighted by Crippen LogP contribution is 2.41. The second-order valence-electron chi connectivity index (χ2n) is 6.01. The number of rotatable bonds is 3. The lowest BCUT2D eigenvalue weighted by Crippen LogP contribution is -2.49. The van der Waals surface area contributed by atoms with Crippen LogP contribution >= 0.6 is 0 Å². The van der Waals surface area contributed by atoms with Gasteiger partial charge in [0.2, 0.25) is 0 Å². The predicted molar refractivity (Wildman–Crippen MR) is 65.0 cm³/mol. The van der Waals surface area contributed by atoms with E-state index in [2.05, 4.69) is 33.0 Å². The Morgan fingerprint density at radius 2 is 1.80 bits per heavy atom. The van der Waals surface area contributed by atoms with Gasteiger partial charge in [-0.05, 0) is 44.1 Å². The fraction of sp³-hybridized carbons (Fsp3) is 1.00. The summed E-state index contributed by atoms with van der Waals surface area (Å²) < 4.78 is 0. The van der Waals surface area contributed by atoms with Crippen molar-refractivity contribution in [3.63, 3.8) is 0 Å². The molecule has 0 heterocycles. The van der Waals surface area contributed by atoms with Crippen LogP contribution in [-0.4, -0.2) is 23.3 Å². The van der Waals surface area contributed by atoms with Crippen molar-refractivity contribution in [2.45, 2.75) is 71.4 Å². The van der Waals surface area contributed by atoms with Crippen LogP contribution in [0.5, 0.6) is 0 Å². The molecule has 1 rings (SSSR count). The molecule has 1 aliphatic rings. The SMILES string of the molecule is CCCNC1CCC(O)(C(C)(C)C)CC1. The van der Waals surface area contributed by atoms with Crippen LogP contribution in [0.2, 0.25) is 0 Å². The molecule has 0 saturated heterocycles. The molecule has 0 amide bonds. The largest absolute Gasteiger partial charge is 0.389 e. The molecule has 0 unspecified atom stereocenters. The maximum Gasteiger partial charge on any atom is 0.0697 e. The van der Waals surface area contributed by atoms with E-state index in [0.29, 0.717) is 6.04 Å². The molecule has 0 aromatic carbocycles. The van der Waals surface area contributed by atoms with Crippen LogP contribution in [0.1, 0.15) is 59.8 Å². The van der Waals surface area contributed by atoms with Crippen molar-refractivity contribution in [1.29, 1.82) is 0 Å². The Bertz CT molecular complexity index is 187. The van der Waals surface area contributed by atoms with Crippen molar-refractivity contribution >= 4 is 0 Å². The van der Waals surface area contributed by atoms with E-state index in [4.69, 9.17) is 0 Å². The quantitative estimate of drug-likeness (QED) is 0.755. The Morgan fingerprint density at radius 3 is 2.20 bits per heavy atom. The summed E-state index contributed by atoms with van der Waals surface area (Å²) in [4.78, 5) is 0. The van der Waals surface area contributed by atoms with Crippen LogP contribution in [0, 0.1) is 5.41 Å². The van der Waals surface area contributed by atoms with Crippen molar-refractivity contribution in [3.8, 4) is 0 Å². The first-order valence-electron chi connectivity index (χ1n) is 6.35. The normalized spacial score (nSPS) is 33.0. The monoisotopic (exact) mass is 213 g/mol. The van der Waals surface area contributed by atoms with E-state index in [1.807, 2.05) is 0 Å². The molecule has 2 nitrogen and oxygen atoms in total. The molecule has 1 aliphatic carbocycles. The van der Waals surface area contributed by atoms with Gasteiger partial charge in [0, 0.05) is 6.04 Å². The molecule has 0 aromatic heterocycles. The second kappa shape index (κ2) is 4.84. The van der Waals surface area contributed by atoms with E-state index >= 15 is 0 Å². The van der Waals surface area contributed by atoms with Gasteiger partial charge >= 0.3 is 0 Å². The van der Waals surface area contributed by atoms with E-state index in [1.54, 1.807) is 0 Å². The van der Waals surface area contributed by atoms with Gasteiger partial charge in [-0.2, -0.15) is 0 Å². The van der Waals surface area contributed by atoms with Crippen LogP contribution in [-0.2, 0) is 0 Å². The van der Waals surface area contributed by atoms with E-state index < -0.39 is 5.60 Å². The van der Waals surface area contributed by atoms with Crippen LogP contribution in [0.3, 0.4) is 0 Å². The Hall–Kier alpha value is -0.0800. The Morgan fingerprint density at radius 1 is 1.27 bits per heavy atom. The summed E-state index contributed by atoms with van der Waals surface area (Å²) >= 11 is 0. The molecule has 90 valence electrons. The first-order chi connectivity index (χ1) is 6.89. The summed E-state index contributed by atoms with van der Waals surface area (Å²) in [5, 5.41) is 14.1. The van der Waals surface area contributed by atoms with Crippen LogP contribution in [0.4, 0.5) is 0 Å². The lowest BCUT2D eigenvalue weighted by atomic mass is 9.67. The van der Waals surface area contributed by atoms with Gasteiger partial charge < -0.3 is 10.4 Å². The maximum atomic E-state index is 10.5. The zero-order valence-electron chi connectivity index (χ0n) is 10.8. The first-order valence-corrected chi connectivity index (χ1v) is 6.35. The molecule has 0 aliphatic heterocycles. The third kappa shape index (κ3) is 3.18. The molecule has 0 spiro atoms. The minimum Gasteiger partial charge on any atom is -0.389 e. The zero-order chi connectivity index (χ0) is 11.5. The van der Waals surface area contributed by atoms with Crippen LogP contribution < -0.4 is 5.32 Å². The standard InChI is InChI=1S/C13H27NO/c1-5-10-14-11-6-8-13(15,9-7-11)12(2,3)4/h11,14-15H,5-10H2,1-4H3. The van der Waals surface area contributed by atoms with Crippen LogP contribution in [0.25, 0.3) is 0 Å². The van der Waals surface area contributed by atoms with Gasteiger partial charge in [0.15, 0.2) is 0 Å². The van der Waals surface area contributed by atoms with Gasteiger partial charge in [-0.1, -0.05) is 27.7 Å². The Balaban J connectivity index is 2.41. The average molecular weight is 213 g/mol. The summed E-state index contributed by atoms with van der Waals surface area (Å²) in [5.74, 6) is 0. The van der Waals surface area contributed by atoms with Gasteiger partial charge in [0.1, 0.15) is 0 Å². The fourth-order valence-electron chi connectivity index (χ4n) is 2.40. The van der Waals surface area contributed by atoms with E-state index in [1.165, 1.54) is 6.42 Å². The smallest absolute Gasteiger partial charge is 0.0697 e. The van der Waals surface area contributed by atoms with E-state index in [-0.39, 0.29) is 5.41 Å². The van der Waals surface area contributed by atoms with Crippen molar-refractivity contribution in [1.82, 2.24) is 5.32 Å². The highest BCUT2D eigenvalue weighted by molar-refractivity contribution is 4.95. The molecule has 0 atom stereocenters. The van der Waals surface area contributed by atoms with Gasteiger partial charge in [0.25, 0.3) is 0 Å². The van der Waals surface area contributed by atoms with Gasteiger partial charge in [-0.25, -0.2) is 0 Å². The topological polar surface area (TPSA) is 32.3 Å². The molecule has 0 bridgehead atoms.